The maximum absolute atomic E-state index is 8.63. The molecule has 0 saturated carbocycles. The molecule has 1 aliphatic heterocycles. The van der Waals surface area contributed by atoms with E-state index < -0.39 is 0 Å². The minimum atomic E-state index is 0.458. The second kappa shape index (κ2) is 4.30. The van der Waals surface area contributed by atoms with Gasteiger partial charge in [0, 0.05) is 30.4 Å². The summed E-state index contributed by atoms with van der Waals surface area (Å²) in [5.41, 5.74) is 1.22. The molecule has 0 atom stereocenters. The van der Waals surface area contributed by atoms with Crippen LogP contribution in [0.3, 0.4) is 0 Å². The number of hydrogen-bond donors (Lipinski definition) is 0. The summed E-state index contributed by atoms with van der Waals surface area (Å²) in [5.74, 6) is 0. The van der Waals surface area contributed by atoms with Crippen LogP contribution in [0.2, 0.25) is 0 Å². The Bertz CT molecular complexity index is 389. The van der Waals surface area contributed by atoms with Crippen LogP contribution < -0.4 is 0 Å². The molecule has 0 N–H and O–H groups in total. The Hall–Kier alpha value is -0.920. The zero-order valence-electron chi connectivity index (χ0n) is 9.16. The molecule has 1 aliphatic rings. The van der Waals surface area contributed by atoms with E-state index in [0.717, 1.165) is 24.5 Å². The molecule has 0 aliphatic carbocycles. The smallest absolute Gasteiger partial charge is 0.107 e. The molecular weight excluding hydrogens is 206 g/mol. The maximum Gasteiger partial charge on any atom is 0.107 e. The lowest BCUT2D eigenvalue weighted by Gasteiger charge is -2.29. The summed E-state index contributed by atoms with van der Waals surface area (Å²) in [6.07, 6.45) is 1.49. The van der Waals surface area contributed by atoms with Gasteiger partial charge in [-0.1, -0.05) is 0 Å². The van der Waals surface area contributed by atoms with E-state index in [-0.39, 0.29) is 0 Å². The highest BCUT2D eigenvalue weighted by molar-refractivity contribution is 7.11. The van der Waals surface area contributed by atoms with Crippen molar-refractivity contribution in [2.45, 2.75) is 39.3 Å². The molecule has 0 radical (unpaired) electrons. The molecule has 3 nitrogen and oxygen atoms in total. The van der Waals surface area contributed by atoms with Gasteiger partial charge in [0.2, 0.25) is 0 Å². The van der Waals surface area contributed by atoms with Gasteiger partial charge in [-0.3, -0.25) is 4.90 Å². The summed E-state index contributed by atoms with van der Waals surface area (Å²) in [7, 11) is 0. The molecule has 2 heterocycles. The number of hydrogen-bond acceptors (Lipinski definition) is 4. The summed E-state index contributed by atoms with van der Waals surface area (Å²) in [5, 5.41) is 9.61. The van der Waals surface area contributed by atoms with Crippen LogP contribution in [-0.4, -0.2) is 22.5 Å². The monoisotopic (exact) mass is 221 g/mol. The summed E-state index contributed by atoms with van der Waals surface area (Å²) in [6.45, 7) is 6.56. The number of aromatic nitrogens is 1. The van der Waals surface area contributed by atoms with Crippen LogP contribution in [-0.2, 0) is 19.4 Å². The van der Waals surface area contributed by atoms with E-state index in [1.54, 1.807) is 11.3 Å². The van der Waals surface area contributed by atoms with E-state index >= 15 is 0 Å². The molecule has 0 fully saturated rings. The van der Waals surface area contributed by atoms with Crippen molar-refractivity contribution < 1.29 is 0 Å². The number of fused-ring (bicyclic) bond motifs is 1. The first-order valence-electron chi connectivity index (χ1n) is 5.29. The van der Waals surface area contributed by atoms with Gasteiger partial charge in [-0.15, -0.1) is 11.3 Å². The second-order valence-corrected chi connectivity index (χ2v) is 5.29. The molecule has 0 bridgehead atoms. The Morgan fingerprint density at radius 1 is 1.60 bits per heavy atom. The Morgan fingerprint density at radius 3 is 3.07 bits per heavy atom. The number of nitrogens with zero attached hydrogens (tertiary/aromatic N) is 3. The molecule has 0 aromatic carbocycles. The molecule has 1 aromatic heterocycles. The van der Waals surface area contributed by atoms with Crippen molar-refractivity contribution in [3.05, 3.63) is 15.6 Å². The third-order valence-corrected chi connectivity index (χ3v) is 3.85. The second-order valence-electron chi connectivity index (χ2n) is 4.13. The van der Waals surface area contributed by atoms with Crippen LogP contribution in [0.4, 0.5) is 0 Å². The number of thiazole rings is 1. The fourth-order valence-electron chi connectivity index (χ4n) is 1.85. The lowest BCUT2D eigenvalue weighted by atomic mass is 10.1. The fraction of sp³-hybridized carbons (Fsp3) is 0.636. The summed E-state index contributed by atoms with van der Waals surface area (Å²) in [4.78, 5) is 8.32. The fourth-order valence-corrected chi connectivity index (χ4v) is 2.93. The van der Waals surface area contributed by atoms with E-state index in [0.29, 0.717) is 12.5 Å². The van der Waals surface area contributed by atoms with Gasteiger partial charge in [0.25, 0.3) is 0 Å². The lowest BCUT2D eigenvalue weighted by Crippen LogP contribution is -2.35. The zero-order valence-corrected chi connectivity index (χ0v) is 9.97. The van der Waals surface area contributed by atoms with Crippen LogP contribution in [0.15, 0.2) is 0 Å². The molecular formula is C11H15N3S. The van der Waals surface area contributed by atoms with Gasteiger partial charge in [0.15, 0.2) is 0 Å². The molecule has 0 unspecified atom stereocenters. The lowest BCUT2D eigenvalue weighted by molar-refractivity contribution is 0.205. The predicted molar refractivity (Wildman–Crippen MR) is 60.7 cm³/mol. The molecule has 2 rings (SSSR count). The van der Waals surface area contributed by atoms with E-state index in [9.17, 15) is 0 Å². The molecule has 1 aromatic rings. The minimum absolute atomic E-state index is 0.458. The highest BCUT2D eigenvalue weighted by Gasteiger charge is 2.21. The first-order valence-corrected chi connectivity index (χ1v) is 6.11. The van der Waals surface area contributed by atoms with Gasteiger partial charge in [-0.25, -0.2) is 4.98 Å². The van der Waals surface area contributed by atoms with Crippen molar-refractivity contribution in [3.63, 3.8) is 0 Å². The molecule has 80 valence electrons. The van der Waals surface area contributed by atoms with Crippen LogP contribution >= 0.6 is 11.3 Å². The van der Waals surface area contributed by atoms with Gasteiger partial charge >= 0.3 is 0 Å². The largest absolute Gasteiger partial charge is 0.295 e. The highest BCUT2D eigenvalue weighted by Crippen LogP contribution is 2.26. The third-order valence-electron chi connectivity index (χ3n) is 2.77. The van der Waals surface area contributed by atoms with E-state index in [1.807, 2.05) is 0 Å². The van der Waals surface area contributed by atoms with E-state index in [2.05, 4.69) is 29.8 Å². The standard InChI is InChI=1S/C11H15N3S/c1-8(2)14-6-4-9-10(7-14)15-11(13-9)3-5-12/h8H,3-4,6-7H2,1-2H3. The Kier molecular flexibility index (Phi) is 3.03. The van der Waals surface area contributed by atoms with Crippen molar-refractivity contribution >= 4 is 11.3 Å². The summed E-state index contributed by atoms with van der Waals surface area (Å²) < 4.78 is 0. The maximum atomic E-state index is 8.63. The molecule has 4 heteroatoms. The van der Waals surface area contributed by atoms with Crippen molar-refractivity contribution in [1.82, 2.24) is 9.88 Å². The van der Waals surface area contributed by atoms with Gasteiger partial charge in [-0.2, -0.15) is 5.26 Å². The summed E-state index contributed by atoms with van der Waals surface area (Å²) >= 11 is 1.71. The third kappa shape index (κ3) is 2.19. The molecule has 15 heavy (non-hydrogen) atoms. The normalized spacial score (nSPS) is 16.4. The molecule has 0 spiro atoms. The average Bonchev–Trinajstić information content (AvgIpc) is 2.59. The van der Waals surface area contributed by atoms with E-state index in [1.165, 1.54) is 10.6 Å². The Labute approximate surface area is 94.4 Å². The molecule has 0 saturated heterocycles. The average molecular weight is 221 g/mol. The van der Waals surface area contributed by atoms with Crippen molar-refractivity contribution in [3.8, 4) is 6.07 Å². The van der Waals surface area contributed by atoms with Crippen LogP contribution in [0.25, 0.3) is 0 Å². The quantitative estimate of drug-likeness (QED) is 0.766. The van der Waals surface area contributed by atoms with Gasteiger partial charge in [0.05, 0.1) is 18.2 Å². The van der Waals surface area contributed by atoms with Crippen LogP contribution in [0, 0.1) is 11.3 Å². The zero-order chi connectivity index (χ0) is 10.8. The minimum Gasteiger partial charge on any atom is -0.295 e. The Morgan fingerprint density at radius 2 is 2.40 bits per heavy atom. The van der Waals surface area contributed by atoms with Crippen molar-refractivity contribution in [2.75, 3.05) is 6.54 Å². The highest BCUT2D eigenvalue weighted by atomic mass is 32.1. The first kappa shape index (κ1) is 10.6. The molecule has 0 amide bonds. The van der Waals surface area contributed by atoms with Crippen LogP contribution in [0.5, 0.6) is 0 Å². The topological polar surface area (TPSA) is 39.9 Å². The van der Waals surface area contributed by atoms with Crippen LogP contribution in [0.1, 0.15) is 29.4 Å². The first-order chi connectivity index (χ1) is 7.20. The van der Waals surface area contributed by atoms with Gasteiger partial charge in [0.1, 0.15) is 5.01 Å². The Balaban J connectivity index is 2.16. The summed E-state index contributed by atoms with van der Waals surface area (Å²) in [6, 6.07) is 2.76. The SMILES string of the molecule is CC(C)N1CCc2nc(CC#N)sc2C1. The number of nitriles is 1. The van der Waals surface area contributed by atoms with Gasteiger partial charge in [-0.05, 0) is 13.8 Å². The van der Waals surface area contributed by atoms with Crippen molar-refractivity contribution in [1.29, 1.82) is 5.26 Å². The van der Waals surface area contributed by atoms with Gasteiger partial charge < -0.3 is 0 Å². The van der Waals surface area contributed by atoms with E-state index in [4.69, 9.17) is 5.26 Å². The number of rotatable bonds is 2. The van der Waals surface area contributed by atoms with Crippen molar-refractivity contribution in [2.24, 2.45) is 0 Å². The predicted octanol–water partition coefficient (Wildman–Crippen LogP) is 1.98.